The summed E-state index contributed by atoms with van der Waals surface area (Å²) in [5.74, 6) is -0.0900. The van der Waals surface area contributed by atoms with Crippen molar-refractivity contribution >= 4 is 11.5 Å². The lowest BCUT2D eigenvalue weighted by molar-refractivity contribution is 0.585. The first-order valence-corrected chi connectivity index (χ1v) is 5.51. The molecule has 2 heteroatoms. The Balaban J connectivity index is 2.33. The summed E-state index contributed by atoms with van der Waals surface area (Å²) in [6, 6.07) is 7.16. The topological polar surface area (TPSA) is 26.0 Å². The van der Waals surface area contributed by atoms with E-state index in [9.17, 15) is 4.39 Å². The van der Waals surface area contributed by atoms with Crippen LogP contribution >= 0.6 is 0 Å². The molecule has 2 N–H and O–H groups in total. The van der Waals surface area contributed by atoms with Gasteiger partial charge in [-0.1, -0.05) is 18.6 Å². The second-order valence-electron chi connectivity index (χ2n) is 4.07. The molecule has 2 rings (SSSR count). The molecule has 0 aromatic heterocycles. The van der Waals surface area contributed by atoms with E-state index in [2.05, 4.69) is 0 Å². The summed E-state index contributed by atoms with van der Waals surface area (Å²) < 4.78 is 14.1. The normalized spacial score (nSPS) is 16.5. The zero-order valence-electron chi connectivity index (χ0n) is 8.80. The SMILES string of the molecule is Nc1ccccc1C(F)=C1CCCCC1. The van der Waals surface area contributed by atoms with Gasteiger partial charge in [-0.3, -0.25) is 0 Å². The minimum absolute atomic E-state index is 0.0900. The zero-order valence-corrected chi connectivity index (χ0v) is 8.80. The van der Waals surface area contributed by atoms with Crippen molar-refractivity contribution in [1.82, 2.24) is 0 Å². The third-order valence-electron chi connectivity index (χ3n) is 2.96. The van der Waals surface area contributed by atoms with Gasteiger partial charge < -0.3 is 5.73 Å². The van der Waals surface area contributed by atoms with Gasteiger partial charge in [0.2, 0.25) is 0 Å². The fraction of sp³-hybridized carbons (Fsp3) is 0.385. The lowest BCUT2D eigenvalue weighted by Gasteiger charge is -2.15. The molecule has 0 bridgehead atoms. The molecule has 0 unspecified atom stereocenters. The summed E-state index contributed by atoms with van der Waals surface area (Å²) in [6.45, 7) is 0. The third kappa shape index (κ3) is 2.20. The Labute approximate surface area is 89.8 Å². The molecule has 0 heterocycles. The molecule has 1 aromatic carbocycles. The molecule has 1 aromatic rings. The molecule has 80 valence electrons. The summed E-state index contributed by atoms with van der Waals surface area (Å²) in [6.07, 6.45) is 5.21. The number of rotatable bonds is 1. The van der Waals surface area contributed by atoms with Crippen molar-refractivity contribution in [3.8, 4) is 0 Å². The summed E-state index contributed by atoms with van der Waals surface area (Å²) >= 11 is 0. The third-order valence-corrected chi connectivity index (χ3v) is 2.96. The molecule has 0 spiro atoms. The van der Waals surface area contributed by atoms with Gasteiger partial charge in [0.15, 0.2) is 0 Å². The predicted octanol–water partition coefficient (Wildman–Crippen LogP) is 3.91. The average molecular weight is 205 g/mol. The molecule has 0 amide bonds. The predicted molar refractivity (Wildman–Crippen MR) is 62.0 cm³/mol. The largest absolute Gasteiger partial charge is 0.398 e. The van der Waals surface area contributed by atoms with E-state index in [0.717, 1.165) is 31.3 Å². The molecule has 0 radical (unpaired) electrons. The van der Waals surface area contributed by atoms with Crippen LogP contribution in [0.3, 0.4) is 0 Å². The first-order valence-electron chi connectivity index (χ1n) is 5.51. The van der Waals surface area contributed by atoms with Gasteiger partial charge in [0.05, 0.1) is 0 Å². The Hall–Kier alpha value is -1.31. The second-order valence-corrected chi connectivity index (χ2v) is 4.07. The van der Waals surface area contributed by atoms with Crippen molar-refractivity contribution in [2.24, 2.45) is 0 Å². The molecule has 1 nitrogen and oxygen atoms in total. The van der Waals surface area contributed by atoms with Crippen LogP contribution in [0.1, 0.15) is 37.7 Å². The van der Waals surface area contributed by atoms with E-state index in [-0.39, 0.29) is 5.83 Å². The Bertz CT molecular complexity index is 374. The molecule has 1 aliphatic carbocycles. The quantitative estimate of drug-likeness (QED) is 0.691. The monoisotopic (exact) mass is 205 g/mol. The van der Waals surface area contributed by atoms with E-state index in [1.807, 2.05) is 12.1 Å². The molecule has 0 aliphatic heterocycles. The molecule has 1 saturated carbocycles. The first kappa shape index (κ1) is 10.2. The lowest BCUT2D eigenvalue weighted by Crippen LogP contribution is -1.98. The van der Waals surface area contributed by atoms with Gasteiger partial charge in [-0.25, -0.2) is 4.39 Å². The van der Waals surface area contributed by atoms with Gasteiger partial charge in [-0.05, 0) is 43.4 Å². The summed E-state index contributed by atoms with van der Waals surface area (Å²) in [5, 5.41) is 0. The molecule has 1 fully saturated rings. The number of benzene rings is 1. The van der Waals surface area contributed by atoms with Crippen molar-refractivity contribution in [2.45, 2.75) is 32.1 Å². The molecular formula is C13H16FN. The van der Waals surface area contributed by atoms with Crippen molar-refractivity contribution in [3.05, 3.63) is 35.4 Å². The molecule has 15 heavy (non-hydrogen) atoms. The number of nitrogen functional groups attached to an aromatic ring is 1. The average Bonchev–Trinajstić information content (AvgIpc) is 2.30. The number of halogens is 1. The van der Waals surface area contributed by atoms with Crippen molar-refractivity contribution in [3.63, 3.8) is 0 Å². The number of hydrogen-bond donors (Lipinski definition) is 1. The van der Waals surface area contributed by atoms with E-state index in [1.165, 1.54) is 6.42 Å². The fourth-order valence-electron chi connectivity index (χ4n) is 2.09. The molecule has 0 atom stereocenters. The maximum Gasteiger partial charge on any atom is 0.131 e. The van der Waals surface area contributed by atoms with Gasteiger partial charge in [0, 0.05) is 11.3 Å². The van der Waals surface area contributed by atoms with Gasteiger partial charge >= 0.3 is 0 Å². The highest BCUT2D eigenvalue weighted by molar-refractivity contribution is 5.72. The minimum Gasteiger partial charge on any atom is -0.398 e. The van der Waals surface area contributed by atoms with Crippen LogP contribution in [-0.4, -0.2) is 0 Å². The molecule has 0 saturated heterocycles. The summed E-state index contributed by atoms with van der Waals surface area (Å²) in [5.41, 5.74) is 7.80. The van der Waals surface area contributed by atoms with Crippen LogP contribution in [0.15, 0.2) is 29.8 Å². The van der Waals surface area contributed by atoms with E-state index < -0.39 is 0 Å². The summed E-state index contributed by atoms with van der Waals surface area (Å²) in [4.78, 5) is 0. The van der Waals surface area contributed by atoms with Crippen molar-refractivity contribution < 1.29 is 4.39 Å². The van der Waals surface area contributed by atoms with Crippen LogP contribution in [-0.2, 0) is 0 Å². The number of anilines is 1. The zero-order chi connectivity index (χ0) is 10.7. The van der Waals surface area contributed by atoms with Crippen LogP contribution in [0, 0.1) is 0 Å². The van der Waals surface area contributed by atoms with Crippen LogP contribution < -0.4 is 5.73 Å². The number of para-hydroxylation sites is 1. The number of allylic oxidation sites excluding steroid dienone is 1. The highest BCUT2D eigenvalue weighted by atomic mass is 19.1. The van der Waals surface area contributed by atoms with Crippen molar-refractivity contribution in [2.75, 3.05) is 5.73 Å². The second kappa shape index (κ2) is 4.47. The maximum absolute atomic E-state index is 14.1. The van der Waals surface area contributed by atoms with Crippen molar-refractivity contribution in [1.29, 1.82) is 0 Å². The summed E-state index contributed by atoms with van der Waals surface area (Å²) in [7, 11) is 0. The van der Waals surface area contributed by atoms with E-state index in [1.54, 1.807) is 12.1 Å². The van der Waals surface area contributed by atoms with E-state index in [4.69, 9.17) is 5.73 Å². The maximum atomic E-state index is 14.1. The Kier molecular flexibility index (Phi) is 3.05. The van der Waals surface area contributed by atoms with E-state index >= 15 is 0 Å². The Morgan fingerprint density at radius 1 is 1.07 bits per heavy atom. The van der Waals surface area contributed by atoms with Crippen LogP contribution in [0.25, 0.3) is 5.83 Å². The highest BCUT2D eigenvalue weighted by Gasteiger charge is 2.14. The Morgan fingerprint density at radius 3 is 2.40 bits per heavy atom. The fourth-order valence-corrected chi connectivity index (χ4v) is 2.09. The lowest BCUT2D eigenvalue weighted by atomic mass is 9.92. The van der Waals surface area contributed by atoms with Gasteiger partial charge in [-0.2, -0.15) is 0 Å². The number of nitrogens with two attached hydrogens (primary N) is 1. The van der Waals surface area contributed by atoms with Crippen LogP contribution in [0.4, 0.5) is 10.1 Å². The van der Waals surface area contributed by atoms with E-state index in [0.29, 0.717) is 11.3 Å². The smallest absolute Gasteiger partial charge is 0.131 e. The van der Waals surface area contributed by atoms with Gasteiger partial charge in [0.1, 0.15) is 5.83 Å². The van der Waals surface area contributed by atoms with Crippen LogP contribution in [0.5, 0.6) is 0 Å². The molecule has 1 aliphatic rings. The number of hydrogen-bond acceptors (Lipinski definition) is 1. The minimum atomic E-state index is -0.0900. The Morgan fingerprint density at radius 2 is 1.73 bits per heavy atom. The van der Waals surface area contributed by atoms with Crippen LogP contribution in [0.2, 0.25) is 0 Å². The standard InChI is InChI=1S/C13H16FN/c14-13(10-6-2-1-3-7-10)11-8-4-5-9-12(11)15/h4-5,8-9H,1-3,6-7,15H2. The van der Waals surface area contributed by atoms with Gasteiger partial charge in [-0.15, -0.1) is 0 Å². The molecular weight excluding hydrogens is 189 g/mol. The first-order chi connectivity index (χ1) is 7.29. The van der Waals surface area contributed by atoms with Gasteiger partial charge in [0.25, 0.3) is 0 Å². The highest BCUT2D eigenvalue weighted by Crippen LogP contribution is 2.33.